The summed E-state index contributed by atoms with van der Waals surface area (Å²) in [5.74, 6) is -5.37. The smallest absolute Gasteiger partial charge is 0.248 e. The molecule has 2 unspecified atom stereocenters. The van der Waals surface area contributed by atoms with Gasteiger partial charge in [-0.2, -0.15) is 0 Å². The molecule has 2 atom stereocenters. The molecule has 1 nitrogen and oxygen atoms in total. The molecule has 0 radical (unpaired) electrons. The van der Waals surface area contributed by atoms with E-state index in [1.54, 1.807) is 0 Å². The molecule has 19 heavy (non-hydrogen) atoms. The van der Waals surface area contributed by atoms with E-state index in [1.807, 2.05) is 0 Å². The maximum absolute atomic E-state index is 13.2. The monoisotopic (exact) mass is 282 g/mol. The molecule has 112 valence electrons. The Kier molecular flexibility index (Phi) is 4.75. The largest absolute Gasteiger partial charge is 0.381 e. The fourth-order valence-electron chi connectivity index (χ4n) is 3.24. The van der Waals surface area contributed by atoms with E-state index in [0.717, 1.165) is 12.8 Å². The average Bonchev–Trinajstić information content (AvgIpc) is 2.26. The van der Waals surface area contributed by atoms with Crippen LogP contribution in [0.15, 0.2) is 0 Å². The van der Waals surface area contributed by atoms with Crippen LogP contribution in [0.2, 0.25) is 0 Å². The lowest BCUT2D eigenvalue weighted by Gasteiger charge is -2.31. The molecule has 2 saturated carbocycles. The zero-order valence-corrected chi connectivity index (χ0v) is 11.1. The molecule has 2 rings (SSSR count). The van der Waals surface area contributed by atoms with Crippen molar-refractivity contribution in [2.24, 2.45) is 11.8 Å². The second-order valence-corrected chi connectivity index (χ2v) is 6.17. The highest BCUT2D eigenvalue weighted by Crippen LogP contribution is 2.38. The third-order valence-electron chi connectivity index (χ3n) is 4.19. The van der Waals surface area contributed by atoms with Gasteiger partial charge in [0.1, 0.15) is 0 Å². The van der Waals surface area contributed by atoms with E-state index in [9.17, 15) is 17.6 Å². The summed E-state index contributed by atoms with van der Waals surface area (Å²) in [6.07, 6.45) is 2.29. The number of alkyl halides is 4. The summed E-state index contributed by atoms with van der Waals surface area (Å²) in [5.41, 5.74) is 0. The van der Waals surface area contributed by atoms with Gasteiger partial charge in [0.15, 0.2) is 0 Å². The van der Waals surface area contributed by atoms with Crippen molar-refractivity contribution in [1.82, 2.24) is 0 Å². The average molecular weight is 282 g/mol. The number of hydrogen-bond acceptors (Lipinski definition) is 1. The van der Waals surface area contributed by atoms with Crippen molar-refractivity contribution in [1.29, 1.82) is 0 Å². The SMILES string of the molecule is FC1(F)CCCC(COCC2CCCC(F)(F)C2)C1. The summed E-state index contributed by atoms with van der Waals surface area (Å²) in [5, 5.41) is 0. The minimum atomic E-state index is -2.57. The number of halogens is 4. The van der Waals surface area contributed by atoms with E-state index in [4.69, 9.17) is 4.74 Å². The van der Waals surface area contributed by atoms with Crippen molar-refractivity contribution in [2.45, 2.75) is 63.2 Å². The van der Waals surface area contributed by atoms with Gasteiger partial charge in [0.25, 0.3) is 0 Å². The van der Waals surface area contributed by atoms with Gasteiger partial charge in [0, 0.05) is 38.9 Å². The molecule has 0 N–H and O–H groups in total. The van der Waals surface area contributed by atoms with Gasteiger partial charge < -0.3 is 4.74 Å². The van der Waals surface area contributed by atoms with Crippen molar-refractivity contribution < 1.29 is 22.3 Å². The van der Waals surface area contributed by atoms with Crippen LogP contribution in [-0.4, -0.2) is 25.1 Å². The minimum Gasteiger partial charge on any atom is -0.381 e. The third-order valence-corrected chi connectivity index (χ3v) is 4.19. The van der Waals surface area contributed by atoms with E-state index in [0.29, 0.717) is 12.8 Å². The van der Waals surface area contributed by atoms with Crippen molar-refractivity contribution in [2.75, 3.05) is 13.2 Å². The lowest BCUT2D eigenvalue weighted by molar-refractivity contribution is -0.0827. The van der Waals surface area contributed by atoms with Crippen LogP contribution in [0.25, 0.3) is 0 Å². The quantitative estimate of drug-likeness (QED) is 0.682. The Hall–Kier alpha value is -0.320. The number of rotatable bonds is 4. The van der Waals surface area contributed by atoms with Crippen LogP contribution in [-0.2, 0) is 4.74 Å². The van der Waals surface area contributed by atoms with Crippen LogP contribution in [0.4, 0.5) is 17.6 Å². The van der Waals surface area contributed by atoms with E-state index in [2.05, 4.69) is 0 Å². The zero-order valence-electron chi connectivity index (χ0n) is 11.1. The molecule has 0 aromatic carbocycles. The minimum absolute atomic E-state index is 0.0294. The van der Waals surface area contributed by atoms with Gasteiger partial charge >= 0.3 is 0 Å². The molecule has 5 heteroatoms. The first-order valence-corrected chi connectivity index (χ1v) is 7.20. The highest BCUT2D eigenvalue weighted by atomic mass is 19.3. The standard InChI is InChI=1S/C14H22F4O/c15-13(16)5-1-3-11(7-13)9-19-10-12-4-2-6-14(17,18)8-12/h11-12H,1-10H2. The summed E-state index contributed by atoms with van der Waals surface area (Å²) in [6.45, 7) is 0.579. The second-order valence-electron chi connectivity index (χ2n) is 6.17. The Bertz CT molecular complexity index is 265. The van der Waals surface area contributed by atoms with Crippen LogP contribution in [0.5, 0.6) is 0 Å². The first kappa shape index (κ1) is 15.1. The van der Waals surface area contributed by atoms with Gasteiger partial charge in [-0.1, -0.05) is 0 Å². The molecular weight excluding hydrogens is 260 g/mol. The summed E-state index contributed by atoms with van der Waals surface area (Å²) >= 11 is 0. The van der Waals surface area contributed by atoms with Crippen LogP contribution in [0, 0.1) is 11.8 Å². The molecule has 0 aromatic rings. The van der Waals surface area contributed by atoms with E-state index >= 15 is 0 Å². The fraction of sp³-hybridized carbons (Fsp3) is 1.00. The molecule has 0 aromatic heterocycles. The molecule has 0 saturated heterocycles. The van der Waals surface area contributed by atoms with Crippen LogP contribution in [0.3, 0.4) is 0 Å². The van der Waals surface area contributed by atoms with Crippen molar-refractivity contribution in [3.63, 3.8) is 0 Å². The number of hydrogen-bond donors (Lipinski definition) is 0. The maximum Gasteiger partial charge on any atom is 0.248 e. The Labute approximate surface area is 111 Å². The zero-order chi connectivity index (χ0) is 13.9. The molecule has 0 aliphatic heterocycles. The normalized spacial score (nSPS) is 34.1. The van der Waals surface area contributed by atoms with Gasteiger partial charge in [-0.25, -0.2) is 17.6 Å². The lowest BCUT2D eigenvalue weighted by Crippen LogP contribution is -2.31. The predicted molar refractivity (Wildman–Crippen MR) is 64.6 cm³/mol. The van der Waals surface area contributed by atoms with Gasteiger partial charge in [-0.15, -0.1) is 0 Å². The van der Waals surface area contributed by atoms with Gasteiger partial charge in [0.05, 0.1) is 0 Å². The molecule has 0 bridgehead atoms. The van der Waals surface area contributed by atoms with Gasteiger partial charge in [-0.3, -0.25) is 0 Å². The van der Waals surface area contributed by atoms with Crippen LogP contribution < -0.4 is 0 Å². The van der Waals surface area contributed by atoms with Crippen molar-refractivity contribution >= 4 is 0 Å². The lowest BCUT2D eigenvalue weighted by atomic mass is 9.86. The Morgan fingerprint density at radius 1 is 0.789 bits per heavy atom. The number of ether oxygens (including phenoxy) is 1. The second kappa shape index (κ2) is 5.98. The molecule has 0 heterocycles. The van der Waals surface area contributed by atoms with Gasteiger partial charge in [-0.05, 0) is 37.5 Å². The van der Waals surface area contributed by atoms with E-state index in [1.165, 1.54) is 0 Å². The van der Waals surface area contributed by atoms with E-state index < -0.39 is 11.8 Å². The van der Waals surface area contributed by atoms with Crippen molar-refractivity contribution in [3.05, 3.63) is 0 Å². The third kappa shape index (κ3) is 4.93. The summed E-state index contributed by atoms with van der Waals surface area (Å²) < 4.78 is 58.2. The summed E-state index contributed by atoms with van der Waals surface area (Å²) in [6, 6.07) is 0. The van der Waals surface area contributed by atoms with Gasteiger partial charge in [0.2, 0.25) is 11.8 Å². The topological polar surface area (TPSA) is 9.23 Å². The summed E-state index contributed by atoms with van der Waals surface area (Å²) in [4.78, 5) is 0. The Morgan fingerprint density at radius 2 is 1.21 bits per heavy atom. The molecule has 0 spiro atoms. The highest BCUT2D eigenvalue weighted by Gasteiger charge is 2.38. The Morgan fingerprint density at radius 3 is 1.58 bits per heavy atom. The fourth-order valence-corrected chi connectivity index (χ4v) is 3.24. The first-order valence-electron chi connectivity index (χ1n) is 7.20. The molecule has 0 amide bonds. The highest BCUT2D eigenvalue weighted by molar-refractivity contribution is 4.80. The molecule has 2 aliphatic carbocycles. The van der Waals surface area contributed by atoms with Crippen LogP contribution >= 0.6 is 0 Å². The maximum atomic E-state index is 13.2. The molecule has 2 fully saturated rings. The first-order chi connectivity index (χ1) is 8.86. The Balaban J connectivity index is 1.66. The van der Waals surface area contributed by atoms with E-state index in [-0.39, 0.29) is 50.7 Å². The molecular formula is C14H22F4O. The van der Waals surface area contributed by atoms with Crippen molar-refractivity contribution in [3.8, 4) is 0 Å². The van der Waals surface area contributed by atoms with Crippen LogP contribution in [0.1, 0.15) is 51.4 Å². The predicted octanol–water partition coefficient (Wildman–Crippen LogP) is 4.65. The molecule has 2 aliphatic rings. The summed E-state index contributed by atoms with van der Waals surface area (Å²) in [7, 11) is 0.